The maximum Gasteiger partial charge on any atom is 0.422 e. The Labute approximate surface area is 150 Å². The molecule has 3 aromatic rings. The molecule has 0 radical (unpaired) electrons. The SMILES string of the molecule is COc1cccnc1Nc1nc(-c2ccc(OCC(F)(F)F)cn2)ns1. The highest BCUT2D eigenvalue weighted by Gasteiger charge is 2.28. The first-order chi connectivity index (χ1) is 12.4. The van der Waals surface area contributed by atoms with Crippen LogP contribution >= 0.6 is 11.5 Å². The van der Waals surface area contributed by atoms with E-state index in [9.17, 15) is 13.2 Å². The van der Waals surface area contributed by atoms with E-state index in [2.05, 4.69) is 29.4 Å². The van der Waals surface area contributed by atoms with Gasteiger partial charge >= 0.3 is 6.18 Å². The molecule has 0 aromatic carbocycles. The average Bonchev–Trinajstić information content (AvgIpc) is 3.09. The monoisotopic (exact) mass is 383 g/mol. The van der Waals surface area contributed by atoms with Gasteiger partial charge in [0.15, 0.2) is 24.0 Å². The number of methoxy groups -OCH3 is 1. The maximum absolute atomic E-state index is 12.1. The van der Waals surface area contributed by atoms with Gasteiger partial charge in [0.2, 0.25) is 5.13 Å². The fraction of sp³-hybridized carbons (Fsp3) is 0.200. The third kappa shape index (κ3) is 4.57. The number of alkyl halides is 3. The molecule has 0 aliphatic carbocycles. The third-order valence-electron chi connectivity index (χ3n) is 3.01. The van der Waals surface area contributed by atoms with Crippen molar-refractivity contribution in [1.29, 1.82) is 0 Å². The van der Waals surface area contributed by atoms with E-state index in [1.165, 1.54) is 25.4 Å². The molecule has 1 N–H and O–H groups in total. The van der Waals surface area contributed by atoms with Gasteiger partial charge < -0.3 is 14.8 Å². The zero-order valence-corrected chi connectivity index (χ0v) is 14.1. The molecule has 0 saturated heterocycles. The van der Waals surface area contributed by atoms with Crippen LogP contribution in [-0.4, -0.2) is 39.2 Å². The van der Waals surface area contributed by atoms with Crippen molar-refractivity contribution in [2.45, 2.75) is 6.18 Å². The van der Waals surface area contributed by atoms with Crippen molar-refractivity contribution in [2.75, 3.05) is 19.0 Å². The lowest BCUT2D eigenvalue weighted by Gasteiger charge is -2.08. The number of aromatic nitrogens is 4. The van der Waals surface area contributed by atoms with Crippen molar-refractivity contribution in [1.82, 2.24) is 19.3 Å². The number of rotatable bonds is 6. The van der Waals surface area contributed by atoms with Gasteiger partial charge in [-0.1, -0.05) is 0 Å². The van der Waals surface area contributed by atoms with Gasteiger partial charge in [-0.3, -0.25) is 0 Å². The molecular weight excluding hydrogens is 371 g/mol. The summed E-state index contributed by atoms with van der Waals surface area (Å²) in [6.07, 6.45) is -1.60. The lowest BCUT2D eigenvalue weighted by Crippen LogP contribution is -2.19. The molecule has 3 aromatic heterocycles. The van der Waals surface area contributed by atoms with Gasteiger partial charge in [0.05, 0.1) is 13.3 Å². The van der Waals surface area contributed by atoms with E-state index in [1.54, 1.807) is 18.3 Å². The van der Waals surface area contributed by atoms with Gasteiger partial charge in [0.1, 0.15) is 11.4 Å². The second-order valence-corrected chi connectivity index (χ2v) is 5.64. The summed E-state index contributed by atoms with van der Waals surface area (Å²) in [6, 6.07) is 6.35. The molecule has 0 atom stereocenters. The molecule has 0 aliphatic rings. The van der Waals surface area contributed by atoms with Gasteiger partial charge in [-0.05, 0) is 24.3 Å². The minimum atomic E-state index is -4.40. The maximum atomic E-state index is 12.1. The van der Waals surface area contributed by atoms with Gasteiger partial charge in [-0.2, -0.15) is 22.5 Å². The first-order valence-corrected chi connectivity index (χ1v) is 7.97. The van der Waals surface area contributed by atoms with E-state index < -0.39 is 12.8 Å². The number of ether oxygens (including phenoxy) is 2. The highest BCUT2D eigenvalue weighted by molar-refractivity contribution is 7.09. The fourth-order valence-corrected chi connectivity index (χ4v) is 2.47. The standard InChI is InChI=1S/C15H12F3N5O2S/c1-24-11-3-2-6-19-13(11)22-14-21-12(23-26-14)10-5-4-9(7-20-10)25-8-15(16,17)18/h2-7H,8H2,1H3,(H,19,21,22,23). The van der Waals surface area contributed by atoms with Crippen LogP contribution in [-0.2, 0) is 0 Å². The first kappa shape index (κ1) is 17.9. The average molecular weight is 383 g/mol. The van der Waals surface area contributed by atoms with E-state index >= 15 is 0 Å². The Morgan fingerprint density at radius 2 is 2.04 bits per heavy atom. The second-order valence-electron chi connectivity index (χ2n) is 4.89. The number of nitrogens with zero attached hydrogens (tertiary/aromatic N) is 4. The Morgan fingerprint density at radius 3 is 2.73 bits per heavy atom. The molecule has 11 heteroatoms. The van der Waals surface area contributed by atoms with Crippen molar-refractivity contribution in [3.63, 3.8) is 0 Å². The van der Waals surface area contributed by atoms with Crippen molar-refractivity contribution in [3.8, 4) is 23.0 Å². The van der Waals surface area contributed by atoms with Gasteiger partial charge in [-0.25, -0.2) is 9.97 Å². The zero-order valence-electron chi connectivity index (χ0n) is 13.3. The van der Waals surface area contributed by atoms with E-state index in [0.717, 1.165) is 11.5 Å². The fourth-order valence-electron chi connectivity index (χ4n) is 1.89. The van der Waals surface area contributed by atoms with Crippen LogP contribution in [0.25, 0.3) is 11.5 Å². The van der Waals surface area contributed by atoms with Crippen molar-refractivity contribution >= 4 is 22.5 Å². The summed E-state index contributed by atoms with van der Waals surface area (Å²) in [7, 11) is 1.53. The molecule has 0 unspecified atom stereocenters. The molecule has 0 spiro atoms. The topological polar surface area (TPSA) is 82.0 Å². The molecule has 7 nitrogen and oxygen atoms in total. The molecule has 136 valence electrons. The highest BCUT2D eigenvalue weighted by Crippen LogP contribution is 2.27. The molecule has 0 saturated carbocycles. The van der Waals surface area contributed by atoms with Crippen molar-refractivity contribution in [2.24, 2.45) is 0 Å². The minimum Gasteiger partial charge on any atom is -0.493 e. The molecular formula is C15H12F3N5O2S. The summed E-state index contributed by atoms with van der Waals surface area (Å²) in [5, 5.41) is 3.46. The van der Waals surface area contributed by atoms with E-state index in [-0.39, 0.29) is 5.75 Å². The predicted molar refractivity (Wildman–Crippen MR) is 88.8 cm³/mol. The van der Waals surface area contributed by atoms with E-state index in [1.807, 2.05) is 0 Å². The number of anilines is 2. The molecule has 3 heterocycles. The van der Waals surface area contributed by atoms with Crippen LogP contribution in [0, 0.1) is 0 Å². The number of nitrogens with one attached hydrogen (secondary N) is 1. The van der Waals surface area contributed by atoms with Crippen LogP contribution in [0.5, 0.6) is 11.5 Å². The van der Waals surface area contributed by atoms with Gasteiger partial charge in [0, 0.05) is 17.7 Å². The number of halogens is 3. The van der Waals surface area contributed by atoms with E-state index in [4.69, 9.17) is 4.74 Å². The summed E-state index contributed by atoms with van der Waals surface area (Å²) in [5.41, 5.74) is 0.404. The normalized spacial score (nSPS) is 11.2. The Balaban J connectivity index is 1.69. The summed E-state index contributed by atoms with van der Waals surface area (Å²) >= 11 is 1.09. The summed E-state index contributed by atoms with van der Waals surface area (Å²) in [4.78, 5) is 12.5. The van der Waals surface area contributed by atoms with Crippen LogP contribution in [0.15, 0.2) is 36.7 Å². The summed E-state index contributed by atoms with van der Waals surface area (Å²) in [6.45, 7) is -1.37. The summed E-state index contributed by atoms with van der Waals surface area (Å²) in [5.74, 6) is 1.38. The quantitative estimate of drug-likeness (QED) is 0.695. The predicted octanol–water partition coefficient (Wildman–Crippen LogP) is 3.69. The molecule has 0 fully saturated rings. The Hall–Kier alpha value is -2.95. The number of hydrogen-bond donors (Lipinski definition) is 1. The lowest BCUT2D eigenvalue weighted by molar-refractivity contribution is -0.153. The van der Waals surface area contributed by atoms with Crippen molar-refractivity contribution in [3.05, 3.63) is 36.7 Å². The van der Waals surface area contributed by atoms with Crippen LogP contribution in [0.2, 0.25) is 0 Å². The molecule has 0 amide bonds. The van der Waals surface area contributed by atoms with Gasteiger partial charge in [0.25, 0.3) is 0 Å². The largest absolute Gasteiger partial charge is 0.493 e. The summed E-state index contributed by atoms with van der Waals surface area (Å²) < 4.78 is 50.4. The first-order valence-electron chi connectivity index (χ1n) is 7.20. The second kappa shape index (κ2) is 7.52. The Bertz CT molecular complexity index is 870. The molecule has 26 heavy (non-hydrogen) atoms. The van der Waals surface area contributed by atoms with Crippen LogP contribution in [0.4, 0.5) is 24.1 Å². The van der Waals surface area contributed by atoms with Crippen LogP contribution in [0.1, 0.15) is 0 Å². The van der Waals surface area contributed by atoms with Gasteiger partial charge in [-0.15, -0.1) is 0 Å². The smallest absolute Gasteiger partial charge is 0.422 e. The molecule has 3 rings (SSSR count). The molecule has 0 aliphatic heterocycles. The zero-order chi connectivity index (χ0) is 18.6. The van der Waals surface area contributed by atoms with E-state index in [0.29, 0.717) is 28.2 Å². The van der Waals surface area contributed by atoms with Crippen LogP contribution < -0.4 is 14.8 Å². The third-order valence-corrected chi connectivity index (χ3v) is 3.64. The van der Waals surface area contributed by atoms with Crippen molar-refractivity contribution < 1.29 is 22.6 Å². The number of pyridine rings is 2. The lowest BCUT2D eigenvalue weighted by atomic mass is 10.3. The minimum absolute atomic E-state index is 0.0119. The highest BCUT2D eigenvalue weighted by atomic mass is 32.1. The Morgan fingerprint density at radius 1 is 1.19 bits per heavy atom. The molecule has 0 bridgehead atoms. The Kier molecular flexibility index (Phi) is 5.16. The number of hydrogen-bond acceptors (Lipinski definition) is 8. The van der Waals surface area contributed by atoms with Crippen LogP contribution in [0.3, 0.4) is 0 Å².